The summed E-state index contributed by atoms with van der Waals surface area (Å²) in [5, 5.41) is 3.93. The third-order valence-corrected chi connectivity index (χ3v) is 23.9. The van der Waals surface area contributed by atoms with E-state index >= 15 is 0 Å². The van der Waals surface area contributed by atoms with E-state index in [0.717, 1.165) is 178 Å². The van der Waals surface area contributed by atoms with E-state index < -0.39 is 0 Å². The van der Waals surface area contributed by atoms with Crippen LogP contribution in [0.1, 0.15) is 282 Å². The molecule has 0 saturated carbocycles. The first kappa shape index (κ1) is 74.7. The van der Waals surface area contributed by atoms with E-state index in [2.05, 4.69) is 251 Å². The van der Waals surface area contributed by atoms with Crippen molar-refractivity contribution < 1.29 is 0 Å². The average Bonchev–Trinajstić information content (AvgIpc) is 1.99. The van der Waals surface area contributed by atoms with Crippen molar-refractivity contribution in [3.63, 3.8) is 0 Å². The highest BCUT2D eigenvalue weighted by molar-refractivity contribution is 5.50. The van der Waals surface area contributed by atoms with E-state index in [0.29, 0.717) is 12.5 Å². The van der Waals surface area contributed by atoms with Crippen LogP contribution in [0.5, 0.6) is 0 Å². The summed E-state index contributed by atoms with van der Waals surface area (Å²) >= 11 is 0. The zero-order valence-corrected chi connectivity index (χ0v) is 63.5. The third-order valence-electron chi connectivity index (χ3n) is 23.9. The first-order valence-corrected chi connectivity index (χ1v) is 35.9. The minimum absolute atomic E-state index is 0.000420. The zero-order valence-electron chi connectivity index (χ0n) is 63.5. The number of likely N-dealkylation sites (tertiary alicyclic amines) is 4. The molecule has 0 spiro atoms. The van der Waals surface area contributed by atoms with Gasteiger partial charge < -0.3 is 29.8 Å². The lowest BCUT2D eigenvalue weighted by Gasteiger charge is -2.56. The highest BCUT2D eigenvalue weighted by Gasteiger charge is 2.50. The van der Waals surface area contributed by atoms with Gasteiger partial charge in [0, 0.05) is 114 Å². The SMILES string of the molecule is CCCCN(c1nc(NCCCN(CC(C)(C)C(C)(C)C)c2nc(N(CCCC)C3CC(C)(C)N(C)C(C)(C)C3)nc(N(CCCC)C3CC(C)(C)N(C)C(C)(C)C3)n2)nc(N(CCCC)C2CC(C)(C)N(C)C(C)(C)C2)n1)C1CC(C)(C)N(C)C(C)(C)C1. The Labute approximate surface area is 548 Å². The van der Waals surface area contributed by atoms with Gasteiger partial charge in [0.15, 0.2) is 0 Å². The predicted octanol–water partition coefficient (Wildman–Crippen LogP) is 15.5. The second kappa shape index (κ2) is 28.3. The number of anilines is 6. The van der Waals surface area contributed by atoms with Gasteiger partial charge in [0.2, 0.25) is 35.7 Å². The molecule has 0 atom stereocenters. The normalized spacial score (nSPS) is 22.7. The molecule has 0 aromatic carbocycles. The third kappa shape index (κ3) is 17.5. The van der Waals surface area contributed by atoms with Gasteiger partial charge in [-0.15, -0.1) is 0 Å². The van der Waals surface area contributed by atoms with Gasteiger partial charge in [0.25, 0.3) is 0 Å². The van der Waals surface area contributed by atoms with Gasteiger partial charge in [-0.25, -0.2) is 0 Å². The van der Waals surface area contributed by atoms with Crippen LogP contribution < -0.4 is 29.8 Å². The molecule has 6 heterocycles. The predicted molar refractivity (Wildman–Crippen MR) is 383 cm³/mol. The number of hydrogen-bond acceptors (Lipinski definition) is 16. The van der Waals surface area contributed by atoms with Crippen molar-refractivity contribution in [2.75, 3.05) is 104 Å². The van der Waals surface area contributed by atoms with Crippen LogP contribution in [0.3, 0.4) is 0 Å². The van der Waals surface area contributed by atoms with Gasteiger partial charge in [0.05, 0.1) is 0 Å². The summed E-state index contributed by atoms with van der Waals surface area (Å²) in [6.45, 7) is 66.0. The number of piperidine rings is 4. The summed E-state index contributed by atoms with van der Waals surface area (Å²) < 4.78 is 0. The van der Waals surface area contributed by atoms with E-state index in [4.69, 9.17) is 29.9 Å². The van der Waals surface area contributed by atoms with Crippen molar-refractivity contribution >= 4 is 35.7 Å². The summed E-state index contributed by atoms with van der Waals surface area (Å²) in [7, 11) is 9.28. The van der Waals surface area contributed by atoms with E-state index in [9.17, 15) is 0 Å². The van der Waals surface area contributed by atoms with Crippen LogP contribution in [0.2, 0.25) is 0 Å². The maximum atomic E-state index is 5.82. The molecule has 0 aliphatic carbocycles. The topological polar surface area (TPSA) is 119 Å². The van der Waals surface area contributed by atoms with Crippen LogP contribution in [0.4, 0.5) is 35.7 Å². The molecular formula is C73H140N16. The highest BCUT2D eigenvalue weighted by Crippen LogP contribution is 2.46. The largest absolute Gasteiger partial charge is 0.354 e. The quantitative estimate of drug-likeness (QED) is 0.0814. The minimum Gasteiger partial charge on any atom is -0.354 e. The van der Waals surface area contributed by atoms with Gasteiger partial charge >= 0.3 is 0 Å². The maximum absolute atomic E-state index is 5.82. The Morgan fingerprint density at radius 2 is 0.596 bits per heavy atom. The van der Waals surface area contributed by atoms with Crippen LogP contribution in [0.15, 0.2) is 0 Å². The smallest absolute Gasteiger partial charge is 0.232 e. The van der Waals surface area contributed by atoms with E-state index in [1.807, 2.05) is 0 Å². The van der Waals surface area contributed by atoms with Gasteiger partial charge in [-0.1, -0.05) is 88.0 Å². The van der Waals surface area contributed by atoms with Crippen molar-refractivity contribution in [2.24, 2.45) is 10.8 Å². The van der Waals surface area contributed by atoms with E-state index in [-0.39, 0.29) is 79.3 Å². The second-order valence-corrected chi connectivity index (χ2v) is 35.5. The molecule has 512 valence electrons. The standard InChI is InChI=1S/C73H140N16/c1-30-34-41-86(54-45-66(10,11)81(26)67(12,13)46-54)60-75-58(76-61(79-60)87(42-35-31-2)55-47-68(14,15)82(27)69(16,17)48-55)74-39-38-40-85(53-65(8,9)64(5,6)7)59-77-62(88(43-36-32-3)56-49-70(18,19)83(28)71(20,21)50-56)80-63(78-59)89(44-37-33-4)57-51-72(22,23)84(29)73(24,25)52-57/h54-57H,30-53H2,1-29H3,(H,74,75,76,79). The van der Waals surface area contributed by atoms with Crippen molar-refractivity contribution in [3.8, 4) is 0 Å². The summed E-state index contributed by atoms with van der Waals surface area (Å²) in [5.41, 5.74) is -0.117. The first-order valence-electron chi connectivity index (χ1n) is 35.9. The van der Waals surface area contributed by atoms with Gasteiger partial charge in [0.1, 0.15) is 0 Å². The second-order valence-electron chi connectivity index (χ2n) is 35.5. The molecule has 16 nitrogen and oxygen atoms in total. The van der Waals surface area contributed by atoms with E-state index in [1.54, 1.807) is 0 Å². The Morgan fingerprint density at radius 1 is 0.360 bits per heavy atom. The van der Waals surface area contributed by atoms with Crippen LogP contribution in [0, 0.1) is 10.8 Å². The Morgan fingerprint density at radius 3 is 0.831 bits per heavy atom. The minimum atomic E-state index is -0.1000. The molecule has 4 fully saturated rings. The lowest BCUT2D eigenvalue weighted by Crippen LogP contribution is -2.63. The molecule has 4 saturated heterocycles. The molecule has 2 aromatic rings. The molecule has 0 radical (unpaired) electrons. The summed E-state index contributed by atoms with van der Waals surface area (Å²) in [6.07, 6.45) is 17.8. The van der Waals surface area contributed by atoms with Crippen LogP contribution in [-0.4, -0.2) is 192 Å². The molecule has 0 amide bonds. The molecular weight excluding hydrogens is 1100 g/mol. The van der Waals surface area contributed by atoms with Crippen LogP contribution in [0.25, 0.3) is 0 Å². The lowest BCUT2D eigenvalue weighted by atomic mass is 9.69. The molecule has 4 aliphatic heterocycles. The lowest BCUT2D eigenvalue weighted by molar-refractivity contribution is -0.0135. The van der Waals surface area contributed by atoms with Crippen molar-refractivity contribution in [1.29, 1.82) is 0 Å². The fourth-order valence-electron chi connectivity index (χ4n) is 16.1. The van der Waals surface area contributed by atoms with Gasteiger partial charge in [-0.2, -0.15) is 29.9 Å². The van der Waals surface area contributed by atoms with Gasteiger partial charge in [-0.3, -0.25) is 19.6 Å². The first-order chi connectivity index (χ1) is 40.9. The Hall–Kier alpha value is -3.34. The maximum Gasteiger partial charge on any atom is 0.232 e. The van der Waals surface area contributed by atoms with Crippen molar-refractivity contribution in [3.05, 3.63) is 0 Å². The Kier molecular flexibility index (Phi) is 23.8. The monoisotopic (exact) mass is 1240 g/mol. The molecule has 2 aromatic heterocycles. The summed E-state index contributed by atoms with van der Waals surface area (Å²) in [6, 6.07) is 1.08. The Bertz CT molecular complexity index is 2340. The average molecular weight is 1240 g/mol. The number of nitrogens with zero attached hydrogens (tertiary/aromatic N) is 15. The van der Waals surface area contributed by atoms with Crippen molar-refractivity contribution in [1.82, 2.24) is 49.5 Å². The molecule has 6 rings (SSSR count). The number of nitrogens with one attached hydrogen (secondary N) is 1. The molecule has 0 bridgehead atoms. The van der Waals surface area contributed by atoms with E-state index in [1.165, 1.54) is 0 Å². The number of unbranched alkanes of at least 4 members (excludes halogenated alkanes) is 4. The van der Waals surface area contributed by atoms with Crippen LogP contribution >= 0.6 is 0 Å². The van der Waals surface area contributed by atoms with Crippen molar-refractivity contribution in [2.45, 2.75) is 351 Å². The summed E-state index contributed by atoms with van der Waals surface area (Å²) in [5.74, 6) is 4.76. The molecule has 0 unspecified atom stereocenters. The van der Waals surface area contributed by atoms with Crippen LogP contribution in [-0.2, 0) is 0 Å². The fourth-order valence-corrected chi connectivity index (χ4v) is 16.1. The number of hydrogen-bond donors (Lipinski definition) is 1. The summed E-state index contributed by atoms with van der Waals surface area (Å²) in [4.78, 5) is 57.6. The zero-order chi connectivity index (χ0) is 66.9. The number of aromatic nitrogens is 6. The molecule has 16 heteroatoms. The Balaban J connectivity index is 1.51. The molecule has 89 heavy (non-hydrogen) atoms. The van der Waals surface area contributed by atoms with Gasteiger partial charge in [-0.05, 0) is 233 Å². The fraction of sp³-hybridized carbons (Fsp3) is 0.918. The molecule has 1 N–H and O–H groups in total. The highest BCUT2D eigenvalue weighted by atomic mass is 15.4. The number of rotatable bonds is 28. The molecule has 4 aliphatic rings.